The van der Waals surface area contributed by atoms with Crippen LogP contribution in [0.1, 0.15) is 5.69 Å². The van der Waals surface area contributed by atoms with Crippen LogP contribution in [0.15, 0.2) is 48.7 Å². The molecule has 3 heterocycles. The third kappa shape index (κ3) is 3.87. The zero-order valence-electron chi connectivity index (χ0n) is 19.0. The average Bonchev–Trinajstić information content (AvgIpc) is 3.23. The molecule has 8 heteroatoms. The van der Waals surface area contributed by atoms with Crippen LogP contribution < -0.4 is 15.4 Å². The summed E-state index contributed by atoms with van der Waals surface area (Å²) in [5.74, 6) is 1.32. The molecule has 0 spiro atoms. The molecule has 2 aromatic heterocycles. The molecule has 7 nitrogen and oxygen atoms in total. The SMILES string of the molecule is COc1cc(N2CCN(C)CC2)ccc1-c1cnn2c(N)c(-c3cccc(Cl)c3)c(C)nc12. The molecule has 1 aliphatic rings. The number of piperazine rings is 1. The number of fused-ring (bicyclic) bond motifs is 1. The number of nitrogens with zero attached hydrogens (tertiary/aromatic N) is 5. The van der Waals surface area contributed by atoms with E-state index in [0.717, 1.165) is 65.6 Å². The standard InChI is InChI=1S/C25H27ClN6O/c1-16-23(17-5-4-6-18(26)13-17)24(27)32-25(29-16)21(15-28-32)20-8-7-19(14-22(20)33-3)31-11-9-30(2)10-12-31/h4-8,13-15H,9-12,27H2,1-3H3. The molecule has 0 aliphatic carbocycles. The van der Waals surface area contributed by atoms with Crippen LogP contribution in [0.2, 0.25) is 5.02 Å². The number of rotatable bonds is 4. The largest absolute Gasteiger partial charge is 0.496 e. The van der Waals surface area contributed by atoms with Crippen molar-refractivity contribution < 1.29 is 4.74 Å². The van der Waals surface area contributed by atoms with Gasteiger partial charge < -0.3 is 20.3 Å². The molecule has 0 bridgehead atoms. The van der Waals surface area contributed by atoms with Crippen molar-refractivity contribution in [1.82, 2.24) is 19.5 Å². The van der Waals surface area contributed by atoms with Crippen molar-refractivity contribution in [2.75, 3.05) is 51.0 Å². The lowest BCUT2D eigenvalue weighted by Gasteiger charge is -2.34. The molecule has 0 amide bonds. The van der Waals surface area contributed by atoms with E-state index in [1.165, 1.54) is 0 Å². The number of aryl methyl sites for hydroxylation is 1. The van der Waals surface area contributed by atoms with Crippen LogP contribution >= 0.6 is 11.6 Å². The summed E-state index contributed by atoms with van der Waals surface area (Å²) >= 11 is 6.21. The summed E-state index contributed by atoms with van der Waals surface area (Å²) in [7, 11) is 3.85. The number of nitrogen functional groups attached to an aromatic ring is 1. The molecule has 2 N–H and O–H groups in total. The molecule has 170 valence electrons. The number of hydrogen-bond acceptors (Lipinski definition) is 6. The summed E-state index contributed by atoms with van der Waals surface area (Å²) < 4.78 is 7.48. The highest BCUT2D eigenvalue weighted by molar-refractivity contribution is 6.30. The minimum atomic E-state index is 0.527. The first-order valence-corrected chi connectivity index (χ1v) is 11.4. The Balaban J connectivity index is 1.58. The van der Waals surface area contributed by atoms with Crippen molar-refractivity contribution in [3.05, 3.63) is 59.4 Å². The minimum absolute atomic E-state index is 0.527. The van der Waals surface area contributed by atoms with E-state index < -0.39 is 0 Å². The zero-order valence-corrected chi connectivity index (χ0v) is 19.8. The highest BCUT2D eigenvalue weighted by Crippen LogP contribution is 2.38. The maximum atomic E-state index is 6.57. The summed E-state index contributed by atoms with van der Waals surface area (Å²) in [6.07, 6.45) is 1.80. The number of ether oxygens (including phenoxy) is 1. The van der Waals surface area contributed by atoms with Gasteiger partial charge in [0.1, 0.15) is 11.6 Å². The first-order valence-electron chi connectivity index (χ1n) is 11.0. The smallest absolute Gasteiger partial charge is 0.165 e. The van der Waals surface area contributed by atoms with Crippen molar-refractivity contribution in [3.63, 3.8) is 0 Å². The summed E-state index contributed by atoms with van der Waals surface area (Å²) in [4.78, 5) is 9.61. The van der Waals surface area contributed by atoms with Gasteiger partial charge in [-0.3, -0.25) is 0 Å². The van der Waals surface area contributed by atoms with Gasteiger partial charge in [0, 0.05) is 54.1 Å². The first kappa shape index (κ1) is 21.6. The van der Waals surface area contributed by atoms with Crippen LogP contribution in [0.25, 0.3) is 27.9 Å². The van der Waals surface area contributed by atoms with E-state index in [4.69, 9.17) is 27.1 Å². The van der Waals surface area contributed by atoms with Crippen molar-refractivity contribution in [3.8, 4) is 28.0 Å². The van der Waals surface area contributed by atoms with Crippen LogP contribution in [0, 0.1) is 6.92 Å². The molecule has 4 aromatic rings. The quantitative estimate of drug-likeness (QED) is 0.485. The molecule has 0 radical (unpaired) electrons. The number of halogens is 1. The number of benzene rings is 2. The molecule has 0 atom stereocenters. The van der Waals surface area contributed by atoms with E-state index in [-0.39, 0.29) is 0 Å². The van der Waals surface area contributed by atoms with Gasteiger partial charge >= 0.3 is 0 Å². The molecular weight excluding hydrogens is 436 g/mol. The van der Waals surface area contributed by atoms with E-state index in [1.54, 1.807) is 17.8 Å². The van der Waals surface area contributed by atoms with Gasteiger partial charge in [0.25, 0.3) is 0 Å². The number of anilines is 2. The fraction of sp³-hybridized carbons (Fsp3) is 0.280. The second-order valence-corrected chi connectivity index (χ2v) is 8.87. The lowest BCUT2D eigenvalue weighted by atomic mass is 10.0. The Morgan fingerprint density at radius 1 is 1.03 bits per heavy atom. The highest BCUT2D eigenvalue weighted by atomic mass is 35.5. The highest BCUT2D eigenvalue weighted by Gasteiger charge is 2.21. The number of hydrogen-bond donors (Lipinski definition) is 1. The maximum Gasteiger partial charge on any atom is 0.165 e. The monoisotopic (exact) mass is 462 g/mol. The first-order chi connectivity index (χ1) is 16.0. The van der Waals surface area contributed by atoms with Crippen molar-refractivity contribution in [2.45, 2.75) is 6.92 Å². The van der Waals surface area contributed by atoms with Gasteiger partial charge in [-0.25, -0.2) is 4.98 Å². The number of methoxy groups -OCH3 is 1. The molecule has 1 fully saturated rings. The van der Waals surface area contributed by atoms with Gasteiger partial charge in [0.2, 0.25) is 0 Å². The Kier molecular flexibility index (Phi) is 5.60. The Hall–Kier alpha value is -3.29. The second kappa shape index (κ2) is 8.57. The van der Waals surface area contributed by atoms with E-state index >= 15 is 0 Å². The molecule has 1 saturated heterocycles. The Bertz CT molecular complexity index is 1330. The predicted molar refractivity (Wildman–Crippen MR) is 134 cm³/mol. The summed E-state index contributed by atoms with van der Waals surface area (Å²) in [5, 5.41) is 5.22. The van der Waals surface area contributed by atoms with E-state index in [1.807, 2.05) is 31.2 Å². The van der Waals surface area contributed by atoms with Crippen LogP contribution in [0.5, 0.6) is 5.75 Å². The van der Waals surface area contributed by atoms with Crippen LogP contribution in [-0.2, 0) is 0 Å². The number of nitrogens with two attached hydrogens (primary N) is 1. The molecule has 0 saturated carbocycles. The topological polar surface area (TPSA) is 71.9 Å². The van der Waals surface area contributed by atoms with Crippen LogP contribution in [0.4, 0.5) is 11.5 Å². The number of aromatic nitrogens is 3. The second-order valence-electron chi connectivity index (χ2n) is 8.44. The van der Waals surface area contributed by atoms with E-state index in [9.17, 15) is 0 Å². The van der Waals surface area contributed by atoms with Crippen molar-refractivity contribution in [1.29, 1.82) is 0 Å². The lowest BCUT2D eigenvalue weighted by molar-refractivity contribution is 0.312. The normalized spacial score (nSPS) is 14.7. The van der Waals surface area contributed by atoms with Crippen LogP contribution in [-0.4, -0.2) is 59.8 Å². The van der Waals surface area contributed by atoms with Crippen LogP contribution in [0.3, 0.4) is 0 Å². The Morgan fingerprint density at radius 3 is 2.55 bits per heavy atom. The van der Waals surface area contributed by atoms with Gasteiger partial charge in [0.15, 0.2) is 5.65 Å². The fourth-order valence-corrected chi connectivity index (χ4v) is 4.68. The molecule has 1 aliphatic heterocycles. The van der Waals surface area contributed by atoms with Gasteiger partial charge in [-0.05, 0) is 43.8 Å². The molecule has 5 rings (SSSR count). The van der Waals surface area contributed by atoms with Gasteiger partial charge in [-0.2, -0.15) is 9.61 Å². The molecule has 2 aromatic carbocycles. The fourth-order valence-electron chi connectivity index (χ4n) is 4.49. The van der Waals surface area contributed by atoms with Gasteiger partial charge in [-0.15, -0.1) is 0 Å². The van der Waals surface area contributed by atoms with E-state index in [2.05, 4.69) is 40.1 Å². The Morgan fingerprint density at radius 2 is 1.82 bits per heavy atom. The molecule has 0 unspecified atom stereocenters. The third-order valence-corrected chi connectivity index (χ3v) is 6.56. The van der Waals surface area contributed by atoms with Gasteiger partial charge in [0.05, 0.1) is 24.6 Å². The zero-order chi connectivity index (χ0) is 23.1. The minimum Gasteiger partial charge on any atom is -0.496 e. The predicted octanol–water partition coefficient (Wildman–Crippen LogP) is 4.37. The lowest BCUT2D eigenvalue weighted by Crippen LogP contribution is -2.44. The van der Waals surface area contributed by atoms with Gasteiger partial charge in [-0.1, -0.05) is 23.7 Å². The average molecular weight is 463 g/mol. The summed E-state index contributed by atoms with van der Waals surface area (Å²) in [5.41, 5.74) is 12.8. The summed E-state index contributed by atoms with van der Waals surface area (Å²) in [6.45, 7) is 6.06. The molecule has 33 heavy (non-hydrogen) atoms. The number of likely N-dealkylation sites (N-methyl/N-ethyl adjacent to an activating group) is 1. The maximum absolute atomic E-state index is 6.57. The Labute approximate surface area is 198 Å². The van der Waals surface area contributed by atoms with Crippen molar-refractivity contribution >= 4 is 28.8 Å². The van der Waals surface area contributed by atoms with Crippen molar-refractivity contribution in [2.24, 2.45) is 0 Å². The summed E-state index contributed by atoms with van der Waals surface area (Å²) in [6, 6.07) is 13.9. The molecular formula is C25H27ClN6O. The van der Waals surface area contributed by atoms with E-state index in [0.29, 0.717) is 16.5 Å². The third-order valence-electron chi connectivity index (χ3n) is 6.32.